The Kier molecular flexibility index (Phi) is 3.00. The van der Waals surface area contributed by atoms with Gasteiger partial charge in [-0.25, -0.2) is 0 Å². The highest BCUT2D eigenvalue weighted by Crippen LogP contribution is 2.44. The molecule has 0 saturated heterocycles. The molecule has 1 unspecified atom stereocenters. The van der Waals surface area contributed by atoms with Crippen molar-refractivity contribution >= 4 is 0 Å². The molecule has 1 aromatic heterocycles. The Balaban J connectivity index is 2.24. The van der Waals surface area contributed by atoms with Gasteiger partial charge in [0.1, 0.15) is 0 Å². The highest BCUT2D eigenvalue weighted by Gasteiger charge is 2.44. The SMILES string of the molecule is COC1(C(NN)c2cccnc2)CCC1. The number of methoxy groups -OCH3 is 1. The molecule has 2 rings (SSSR count). The summed E-state index contributed by atoms with van der Waals surface area (Å²) in [5.74, 6) is 5.62. The molecule has 0 radical (unpaired) electrons. The summed E-state index contributed by atoms with van der Waals surface area (Å²) >= 11 is 0. The van der Waals surface area contributed by atoms with Gasteiger partial charge >= 0.3 is 0 Å². The molecule has 82 valence electrons. The predicted molar refractivity (Wildman–Crippen MR) is 57.9 cm³/mol. The fourth-order valence-electron chi connectivity index (χ4n) is 2.23. The quantitative estimate of drug-likeness (QED) is 0.574. The third-order valence-electron chi connectivity index (χ3n) is 3.32. The zero-order valence-electron chi connectivity index (χ0n) is 8.94. The van der Waals surface area contributed by atoms with Gasteiger partial charge in [-0.3, -0.25) is 16.3 Å². The van der Waals surface area contributed by atoms with Crippen molar-refractivity contribution in [1.82, 2.24) is 10.4 Å². The third kappa shape index (κ3) is 1.76. The van der Waals surface area contributed by atoms with Crippen molar-refractivity contribution in [2.45, 2.75) is 30.9 Å². The maximum absolute atomic E-state index is 5.62. The lowest BCUT2D eigenvalue weighted by atomic mass is 9.72. The number of nitrogens with zero attached hydrogens (tertiary/aromatic N) is 1. The van der Waals surface area contributed by atoms with Crippen LogP contribution in [0.2, 0.25) is 0 Å². The van der Waals surface area contributed by atoms with Crippen LogP contribution in [0.4, 0.5) is 0 Å². The lowest BCUT2D eigenvalue weighted by molar-refractivity contribution is -0.0999. The van der Waals surface area contributed by atoms with Crippen molar-refractivity contribution in [3.05, 3.63) is 30.1 Å². The lowest BCUT2D eigenvalue weighted by Gasteiger charge is -2.46. The van der Waals surface area contributed by atoms with E-state index in [4.69, 9.17) is 10.6 Å². The van der Waals surface area contributed by atoms with Crippen LogP contribution in [0.3, 0.4) is 0 Å². The zero-order chi connectivity index (χ0) is 10.7. The minimum atomic E-state index is -0.141. The van der Waals surface area contributed by atoms with Crippen molar-refractivity contribution in [3.63, 3.8) is 0 Å². The van der Waals surface area contributed by atoms with Crippen LogP contribution in [0.25, 0.3) is 0 Å². The molecule has 3 N–H and O–H groups in total. The second-order valence-corrected chi connectivity index (χ2v) is 4.01. The Morgan fingerprint density at radius 3 is 2.80 bits per heavy atom. The molecule has 1 heterocycles. The molecule has 0 aliphatic heterocycles. The van der Waals surface area contributed by atoms with Gasteiger partial charge in [0.15, 0.2) is 0 Å². The van der Waals surface area contributed by atoms with Crippen molar-refractivity contribution in [1.29, 1.82) is 0 Å². The van der Waals surface area contributed by atoms with Gasteiger partial charge in [0.05, 0.1) is 11.6 Å². The van der Waals surface area contributed by atoms with Gasteiger partial charge in [0, 0.05) is 19.5 Å². The second kappa shape index (κ2) is 4.26. The fourth-order valence-corrected chi connectivity index (χ4v) is 2.23. The van der Waals surface area contributed by atoms with E-state index in [1.807, 2.05) is 18.3 Å². The van der Waals surface area contributed by atoms with Crippen molar-refractivity contribution in [2.24, 2.45) is 5.84 Å². The molecular weight excluding hydrogens is 190 g/mol. The molecular formula is C11H17N3O. The summed E-state index contributed by atoms with van der Waals surface area (Å²) in [5, 5.41) is 0. The Labute approximate surface area is 89.8 Å². The summed E-state index contributed by atoms with van der Waals surface area (Å²) in [6.07, 6.45) is 6.90. The zero-order valence-corrected chi connectivity index (χ0v) is 8.94. The number of pyridine rings is 1. The molecule has 1 saturated carbocycles. The summed E-state index contributed by atoms with van der Waals surface area (Å²) in [6.45, 7) is 0. The molecule has 0 spiro atoms. The van der Waals surface area contributed by atoms with E-state index in [1.165, 1.54) is 6.42 Å². The maximum Gasteiger partial charge on any atom is 0.0886 e. The summed E-state index contributed by atoms with van der Waals surface area (Å²) in [7, 11) is 1.75. The van der Waals surface area contributed by atoms with Crippen LogP contribution in [-0.4, -0.2) is 17.7 Å². The average molecular weight is 207 g/mol. The second-order valence-electron chi connectivity index (χ2n) is 4.01. The molecule has 0 bridgehead atoms. The van der Waals surface area contributed by atoms with Crippen LogP contribution in [0.1, 0.15) is 30.9 Å². The first-order valence-electron chi connectivity index (χ1n) is 5.23. The molecule has 1 aromatic rings. The van der Waals surface area contributed by atoms with Gasteiger partial charge in [-0.05, 0) is 30.9 Å². The monoisotopic (exact) mass is 207 g/mol. The summed E-state index contributed by atoms with van der Waals surface area (Å²) in [6, 6.07) is 3.98. The number of hydrazine groups is 1. The van der Waals surface area contributed by atoms with Crippen LogP contribution in [0.15, 0.2) is 24.5 Å². The van der Waals surface area contributed by atoms with E-state index in [2.05, 4.69) is 10.4 Å². The van der Waals surface area contributed by atoms with E-state index in [-0.39, 0.29) is 11.6 Å². The number of nitrogens with two attached hydrogens (primary N) is 1. The van der Waals surface area contributed by atoms with Gasteiger partial charge < -0.3 is 4.74 Å². The van der Waals surface area contributed by atoms with Crippen molar-refractivity contribution < 1.29 is 4.74 Å². The highest BCUT2D eigenvalue weighted by molar-refractivity contribution is 5.20. The van der Waals surface area contributed by atoms with E-state index in [0.717, 1.165) is 18.4 Å². The maximum atomic E-state index is 5.62. The number of rotatable bonds is 4. The van der Waals surface area contributed by atoms with E-state index in [9.17, 15) is 0 Å². The van der Waals surface area contributed by atoms with Crippen LogP contribution in [-0.2, 0) is 4.74 Å². The van der Waals surface area contributed by atoms with Crippen LogP contribution in [0, 0.1) is 0 Å². The van der Waals surface area contributed by atoms with Gasteiger partial charge in [-0.2, -0.15) is 0 Å². The van der Waals surface area contributed by atoms with Crippen molar-refractivity contribution in [2.75, 3.05) is 7.11 Å². The van der Waals surface area contributed by atoms with Crippen LogP contribution in [0.5, 0.6) is 0 Å². The largest absolute Gasteiger partial charge is 0.376 e. The minimum absolute atomic E-state index is 0.0324. The van der Waals surface area contributed by atoms with E-state index in [0.29, 0.717) is 0 Å². The summed E-state index contributed by atoms with van der Waals surface area (Å²) in [5.41, 5.74) is 3.79. The highest BCUT2D eigenvalue weighted by atomic mass is 16.5. The average Bonchev–Trinajstić information content (AvgIpc) is 2.24. The Hall–Kier alpha value is -0.970. The lowest BCUT2D eigenvalue weighted by Crippen LogP contribution is -2.52. The van der Waals surface area contributed by atoms with Crippen molar-refractivity contribution in [3.8, 4) is 0 Å². The van der Waals surface area contributed by atoms with E-state index < -0.39 is 0 Å². The molecule has 1 fully saturated rings. The molecule has 15 heavy (non-hydrogen) atoms. The minimum Gasteiger partial charge on any atom is -0.376 e. The number of nitrogens with one attached hydrogen (secondary N) is 1. The van der Waals surface area contributed by atoms with Gasteiger partial charge in [0.2, 0.25) is 0 Å². The molecule has 1 aliphatic carbocycles. The third-order valence-corrected chi connectivity index (χ3v) is 3.32. The smallest absolute Gasteiger partial charge is 0.0886 e. The van der Waals surface area contributed by atoms with E-state index in [1.54, 1.807) is 13.3 Å². The Bertz CT molecular complexity index is 305. The van der Waals surface area contributed by atoms with Gasteiger partial charge in [-0.15, -0.1) is 0 Å². The molecule has 0 aromatic carbocycles. The van der Waals surface area contributed by atoms with Crippen LogP contribution < -0.4 is 11.3 Å². The Morgan fingerprint density at radius 1 is 1.60 bits per heavy atom. The molecule has 4 nitrogen and oxygen atoms in total. The standard InChI is InChI=1S/C11H17N3O/c1-15-11(5-3-6-11)10(14-12)9-4-2-7-13-8-9/h2,4,7-8,10,14H,3,5-6,12H2,1H3. The number of ether oxygens (including phenoxy) is 1. The first-order valence-corrected chi connectivity index (χ1v) is 5.23. The fraction of sp³-hybridized carbons (Fsp3) is 0.545. The van der Waals surface area contributed by atoms with E-state index >= 15 is 0 Å². The van der Waals surface area contributed by atoms with Crippen LogP contribution >= 0.6 is 0 Å². The molecule has 0 amide bonds. The van der Waals surface area contributed by atoms with Gasteiger partial charge in [-0.1, -0.05) is 6.07 Å². The summed E-state index contributed by atoms with van der Waals surface area (Å²) in [4.78, 5) is 4.11. The molecule has 4 heteroatoms. The molecule has 1 aliphatic rings. The Morgan fingerprint density at radius 2 is 2.40 bits per heavy atom. The number of aromatic nitrogens is 1. The molecule has 1 atom stereocenters. The first-order chi connectivity index (χ1) is 7.32. The number of hydrogen-bond acceptors (Lipinski definition) is 4. The predicted octanol–water partition coefficient (Wildman–Crippen LogP) is 1.16. The topological polar surface area (TPSA) is 60.2 Å². The van der Waals surface area contributed by atoms with Gasteiger partial charge in [0.25, 0.3) is 0 Å². The number of hydrogen-bond donors (Lipinski definition) is 2. The normalized spacial score (nSPS) is 20.7. The summed E-state index contributed by atoms with van der Waals surface area (Å²) < 4.78 is 5.61. The first kappa shape index (κ1) is 10.5.